The van der Waals surface area contributed by atoms with Crippen molar-refractivity contribution >= 4 is 62.1 Å². The number of hydrogen-bond acceptors (Lipinski definition) is 10. The molecule has 3 aromatic rings. The van der Waals surface area contributed by atoms with Crippen LogP contribution in [-0.4, -0.2) is 47.9 Å². The lowest BCUT2D eigenvalue weighted by molar-refractivity contribution is -0.136. The lowest BCUT2D eigenvalue weighted by atomic mass is 10.2. The maximum Gasteiger partial charge on any atom is 0.355 e. The topological polar surface area (TPSA) is 125 Å². The summed E-state index contributed by atoms with van der Waals surface area (Å²) in [4.78, 5) is 21.3. The number of sulfone groups is 1. The van der Waals surface area contributed by atoms with Crippen LogP contribution in [0.2, 0.25) is 5.02 Å². The molecule has 0 unspecified atom stereocenters. The molecule has 33 heavy (non-hydrogen) atoms. The van der Waals surface area contributed by atoms with E-state index in [-0.39, 0.29) is 28.1 Å². The predicted octanol–water partition coefficient (Wildman–Crippen LogP) is 4.09. The number of nitrogens with two attached hydrogens (primary N) is 1. The number of thioether (sulfide) groups is 1. The molecule has 0 aliphatic rings. The molecule has 0 aliphatic heterocycles. The highest BCUT2D eigenvalue weighted by molar-refractivity contribution is 7.98. The van der Waals surface area contributed by atoms with Crippen molar-refractivity contribution in [2.45, 2.75) is 4.90 Å². The lowest BCUT2D eigenvalue weighted by Crippen LogP contribution is -2.17. The van der Waals surface area contributed by atoms with E-state index in [0.29, 0.717) is 21.3 Å². The van der Waals surface area contributed by atoms with Gasteiger partial charge in [-0.05, 0) is 48.1 Å². The van der Waals surface area contributed by atoms with Crippen molar-refractivity contribution in [1.29, 1.82) is 0 Å². The van der Waals surface area contributed by atoms with Crippen LogP contribution in [0.3, 0.4) is 0 Å². The third-order valence-corrected chi connectivity index (χ3v) is 6.64. The minimum absolute atomic E-state index is 0.153. The minimum atomic E-state index is -3.38. The molecule has 0 aliphatic carbocycles. The summed E-state index contributed by atoms with van der Waals surface area (Å²) in [6.07, 6.45) is 4.25. The molecule has 0 fully saturated rings. The highest BCUT2D eigenvalue weighted by Gasteiger charge is 2.16. The van der Waals surface area contributed by atoms with Gasteiger partial charge in [0.25, 0.3) is 0 Å². The molecule has 0 radical (unpaired) electrons. The normalized spacial score (nSPS) is 12.6. The summed E-state index contributed by atoms with van der Waals surface area (Å²) < 4.78 is 33.2. The molecule has 1 aromatic heterocycles. The quantitative estimate of drug-likeness (QED) is 0.203. The molecule has 2 N–H and O–H groups in total. The summed E-state index contributed by atoms with van der Waals surface area (Å²) in [6, 6.07) is 13.3. The first-order valence-corrected chi connectivity index (χ1v) is 13.7. The van der Waals surface area contributed by atoms with Gasteiger partial charge in [-0.1, -0.05) is 35.9 Å². The first-order chi connectivity index (χ1) is 15.7. The summed E-state index contributed by atoms with van der Waals surface area (Å²) in [5, 5.41) is 0.863. The van der Waals surface area contributed by atoms with Gasteiger partial charge in [0, 0.05) is 11.8 Å². The maximum absolute atomic E-state index is 12.1. The number of aliphatic imine (C=N–C) groups is 1. The van der Waals surface area contributed by atoms with Crippen LogP contribution in [0, 0.1) is 0 Å². The molecule has 0 amide bonds. The first kappa shape index (κ1) is 24.9. The van der Waals surface area contributed by atoms with Gasteiger partial charge in [-0.15, -0.1) is 11.8 Å². The van der Waals surface area contributed by atoms with Gasteiger partial charge in [-0.2, -0.15) is 4.37 Å². The molecule has 3 rings (SSSR count). The van der Waals surface area contributed by atoms with Crippen LogP contribution >= 0.6 is 34.9 Å². The van der Waals surface area contributed by atoms with Crippen molar-refractivity contribution < 1.29 is 17.9 Å². The molecule has 0 saturated heterocycles. The number of ether oxygens (including phenoxy) is 1. The molecular weight excluding hydrogens is 504 g/mol. The number of halogens is 1. The molecule has 12 heteroatoms. The lowest BCUT2D eigenvalue weighted by Gasteiger charge is -2.04. The first-order valence-electron chi connectivity index (χ1n) is 9.30. The fraction of sp³-hybridized carbons (Fsp3) is 0.143. The summed E-state index contributed by atoms with van der Waals surface area (Å²) in [6.45, 7) is 0. The number of benzene rings is 2. The largest absolute Gasteiger partial charge is 0.450 e. The Morgan fingerprint density at radius 2 is 2.03 bits per heavy atom. The van der Waals surface area contributed by atoms with Gasteiger partial charge < -0.3 is 10.5 Å². The van der Waals surface area contributed by atoms with Crippen LogP contribution in [0.1, 0.15) is 5.82 Å². The van der Waals surface area contributed by atoms with Gasteiger partial charge in [0.2, 0.25) is 0 Å². The Kier molecular flexibility index (Phi) is 8.25. The standard InChI is InChI=1S/C21H19ClN4O4S3/c1-31-12-30-21(27)16(23)11-18(24-17-9-4-3-8-15(17)22)19-25-20(32-26-19)13-6-5-7-14(10-13)33(2,28)29/h3-11H,12,23H2,1-2H3. The molecular formula is C21H19ClN4O4S3. The van der Waals surface area contributed by atoms with Gasteiger partial charge in [0.15, 0.2) is 15.7 Å². The van der Waals surface area contributed by atoms with Crippen molar-refractivity contribution in [2.24, 2.45) is 10.7 Å². The molecule has 0 saturated carbocycles. The molecule has 2 aromatic carbocycles. The molecule has 8 nitrogen and oxygen atoms in total. The van der Waals surface area contributed by atoms with Crippen LogP contribution < -0.4 is 5.73 Å². The fourth-order valence-electron chi connectivity index (χ4n) is 2.53. The average Bonchev–Trinajstić information content (AvgIpc) is 3.28. The van der Waals surface area contributed by atoms with E-state index in [1.807, 2.05) is 0 Å². The van der Waals surface area contributed by atoms with Crippen LogP contribution in [0.25, 0.3) is 10.6 Å². The van der Waals surface area contributed by atoms with Gasteiger partial charge in [0.1, 0.15) is 22.4 Å². The molecule has 1 heterocycles. The Hall–Kier alpha value is -2.73. The molecule has 172 valence electrons. The summed E-state index contributed by atoms with van der Waals surface area (Å²) in [5.74, 6) is -0.354. The summed E-state index contributed by atoms with van der Waals surface area (Å²) in [7, 11) is -3.38. The van der Waals surface area contributed by atoms with E-state index < -0.39 is 15.8 Å². The Bertz CT molecular complexity index is 1340. The highest BCUT2D eigenvalue weighted by atomic mass is 35.5. The van der Waals surface area contributed by atoms with E-state index in [1.54, 1.807) is 42.7 Å². The predicted molar refractivity (Wildman–Crippen MR) is 133 cm³/mol. The van der Waals surface area contributed by atoms with E-state index in [0.717, 1.165) is 17.8 Å². The number of carbonyl (C=O) groups is 1. The van der Waals surface area contributed by atoms with E-state index >= 15 is 0 Å². The Morgan fingerprint density at radius 1 is 1.27 bits per heavy atom. The zero-order chi connectivity index (χ0) is 24.0. The number of allylic oxidation sites excluding steroid dienone is 1. The van der Waals surface area contributed by atoms with E-state index in [1.165, 1.54) is 30.0 Å². The van der Waals surface area contributed by atoms with E-state index in [4.69, 9.17) is 22.1 Å². The molecule has 0 bridgehead atoms. The van der Waals surface area contributed by atoms with E-state index in [9.17, 15) is 13.2 Å². The Labute approximate surface area is 204 Å². The monoisotopic (exact) mass is 522 g/mol. The van der Waals surface area contributed by atoms with Crippen molar-refractivity contribution in [3.05, 3.63) is 71.2 Å². The number of aromatic nitrogens is 2. The SMILES string of the molecule is CSCOC(=O)C(N)=CC(=Nc1ccccc1Cl)c1nsc(-c2cccc(S(C)(=O)=O)c2)n1. The maximum atomic E-state index is 12.1. The van der Waals surface area contributed by atoms with Crippen LogP contribution in [-0.2, 0) is 19.4 Å². The molecule has 0 atom stereocenters. The summed E-state index contributed by atoms with van der Waals surface area (Å²) >= 11 is 8.62. The van der Waals surface area contributed by atoms with Crippen molar-refractivity contribution in [3.63, 3.8) is 0 Å². The number of esters is 1. The third-order valence-electron chi connectivity index (χ3n) is 4.09. The van der Waals surface area contributed by atoms with E-state index in [2.05, 4.69) is 14.3 Å². The second kappa shape index (κ2) is 10.9. The average molecular weight is 523 g/mol. The minimum Gasteiger partial charge on any atom is -0.450 e. The Balaban J connectivity index is 2.05. The number of para-hydroxylation sites is 1. The highest BCUT2D eigenvalue weighted by Crippen LogP contribution is 2.27. The van der Waals surface area contributed by atoms with Crippen molar-refractivity contribution in [3.8, 4) is 10.6 Å². The van der Waals surface area contributed by atoms with Gasteiger partial charge in [-0.3, -0.25) is 0 Å². The van der Waals surface area contributed by atoms with Crippen molar-refractivity contribution in [1.82, 2.24) is 9.36 Å². The van der Waals surface area contributed by atoms with Crippen LogP contribution in [0.5, 0.6) is 0 Å². The number of rotatable bonds is 8. The molecule has 0 spiro atoms. The van der Waals surface area contributed by atoms with Crippen LogP contribution in [0.4, 0.5) is 5.69 Å². The van der Waals surface area contributed by atoms with Gasteiger partial charge >= 0.3 is 5.97 Å². The summed E-state index contributed by atoms with van der Waals surface area (Å²) in [5.41, 5.74) is 6.96. The third kappa shape index (κ3) is 6.64. The Morgan fingerprint density at radius 3 is 2.73 bits per heavy atom. The zero-order valence-corrected chi connectivity index (χ0v) is 20.8. The fourth-order valence-corrected chi connectivity index (χ4v) is 4.26. The number of carbonyl (C=O) groups excluding carboxylic acids is 1. The smallest absolute Gasteiger partial charge is 0.355 e. The van der Waals surface area contributed by atoms with Crippen LogP contribution in [0.15, 0.2) is 70.2 Å². The zero-order valence-electron chi connectivity index (χ0n) is 17.6. The van der Waals surface area contributed by atoms with Crippen molar-refractivity contribution in [2.75, 3.05) is 18.5 Å². The van der Waals surface area contributed by atoms with Gasteiger partial charge in [-0.25, -0.2) is 23.2 Å². The number of hydrogen-bond donors (Lipinski definition) is 1. The van der Waals surface area contributed by atoms with Gasteiger partial charge in [0.05, 0.1) is 15.6 Å². The number of nitrogens with zero attached hydrogens (tertiary/aromatic N) is 3. The second-order valence-electron chi connectivity index (χ2n) is 6.61. The second-order valence-corrected chi connectivity index (χ2v) is 10.6.